The predicted molar refractivity (Wildman–Crippen MR) is 149 cm³/mol. The number of para-hydroxylation sites is 1. The second-order valence-corrected chi connectivity index (χ2v) is 11.2. The average Bonchev–Trinajstić information content (AvgIpc) is 3.48. The van der Waals surface area contributed by atoms with Gasteiger partial charge in [-0.3, -0.25) is 14.4 Å². The smallest absolute Gasteiger partial charge is 0.312 e. The lowest BCUT2D eigenvalue weighted by Crippen LogP contribution is -2.56. The highest BCUT2D eigenvalue weighted by Crippen LogP contribution is 2.63. The van der Waals surface area contributed by atoms with Gasteiger partial charge in [-0.25, -0.2) is 0 Å². The Morgan fingerprint density at radius 2 is 1.97 bits per heavy atom. The van der Waals surface area contributed by atoms with Crippen molar-refractivity contribution in [3.8, 4) is 0 Å². The molecule has 3 heterocycles. The summed E-state index contributed by atoms with van der Waals surface area (Å²) >= 11 is 6.50. The van der Waals surface area contributed by atoms with Crippen LogP contribution in [-0.4, -0.2) is 71.3 Å². The molecule has 0 saturated carbocycles. The van der Waals surface area contributed by atoms with Crippen molar-refractivity contribution in [1.29, 1.82) is 0 Å². The predicted octanol–water partition coefficient (Wildman–Crippen LogP) is 4.30. The Morgan fingerprint density at radius 3 is 2.67 bits per heavy atom. The Labute approximate surface area is 235 Å². The van der Waals surface area contributed by atoms with Crippen molar-refractivity contribution in [2.75, 3.05) is 31.2 Å². The number of esters is 1. The van der Waals surface area contributed by atoms with Gasteiger partial charge in [-0.15, -0.1) is 13.2 Å². The van der Waals surface area contributed by atoms with Crippen molar-refractivity contribution in [1.82, 2.24) is 4.90 Å². The summed E-state index contributed by atoms with van der Waals surface area (Å²) in [5.41, 5.74) is -1.52. The Bertz CT molecular complexity index is 1110. The maximum absolute atomic E-state index is 14.5. The number of benzene rings is 1. The van der Waals surface area contributed by atoms with Gasteiger partial charge in [0.1, 0.15) is 17.6 Å². The van der Waals surface area contributed by atoms with Crippen LogP contribution in [0.2, 0.25) is 5.02 Å². The first-order chi connectivity index (χ1) is 18.8. The van der Waals surface area contributed by atoms with E-state index in [1.165, 1.54) is 0 Å². The van der Waals surface area contributed by atoms with Crippen LogP contribution in [0.15, 0.2) is 49.6 Å². The summed E-state index contributed by atoms with van der Waals surface area (Å²) in [5.74, 6) is -2.64. The standard InChI is InChI=1S/C30H39ClN2O6/c1-4-6-12-20-38-28(37)24-23-26(35)33(18-10-7-11-19-34)25(30(23)16-15-29(24,3)39-30)27(36)32(17-5-2)22-14-9-8-13-21(22)31/h4-5,8-9,13-14,23-25,34H,1-2,6-7,10-12,15-20H2,3H3/t23-,24-,25?,29+,30?/m0/s1. The molecule has 8 nitrogen and oxygen atoms in total. The fraction of sp³-hybridized carbons (Fsp3) is 0.567. The van der Waals surface area contributed by atoms with Gasteiger partial charge < -0.3 is 24.4 Å². The molecule has 3 aliphatic heterocycles. The summed E-state index contributed by atoms with van der Waals surface area (Å²) in [6, 6.07) is 6.14. The molecule has 2 unspecified atom stereocenters. The molecule has 0 aromatic heterocycles. The van der Waals surface area contributed by atoms with Gasteiger partial charge in [0.25, 0.3) is 5.91 Å². The van der Waals surface area contributed by atoms with E-state index in [-0.39, 0.29) is 31.6 Å². The minimum atomic E-state index is -1.15. The van der Waals surface area contributed by atoms with Crippen molar-refractivity contribution in [2.24, 2.45) is 11.8 Å². The summed E-state index contributed by atoms with van der Waals surface area (Å²) in [5, 5.41) is 9.65. The molecule has 4 rings (SSSR count). The zero-order chi connectivity index (χ0) is 28.2. The number of aliphatic hydroxyl groups excluding tert-OH is 1. The Balaban J connectivity index is 1.71. The molecule has 5 atom stereocenters. The van der Waals surface area contributed by atoms with Gasteiger partial charge in [0.15, 0.2) is 0 Å². The van der Waals surface area contributed by atoms with Crippen molar-refractivity contribution >= 4 is 35.1 Å². The number of fused-ring (bicyclic) bond motifs is 1. The number of hydrogen-bond acceptors (Lipinski definition) is 6. The highest BCUT2D eigenvalue weighted by Gasteiger charge is 2.78. The first-order valence-electron chi connectivity index (χ1n) is 13.8. The first-order valence-corrected chi connectivity index (χ1v) is 14.2. The van der Waals surface area contributed by atoms with E-state index in [1.807, 2.05) is 6.92 Å². The number of halogens is 1. The molecule has 1 aromatic rings. The molecule has 212 valence electrons. The largest absolute Gasteiger partial charge is 0.465 e. The third-order valence-electron chi connectivity index (χ3n) is 8.34. The SMILES string of the molecule is C=CCCCOC(=O)[C@@H]1[C@H]2C(=O)N(CCCCCO)C(C(=O)N(CC=C)c3ccccc3Cl)C23CC[C@@]1(C)O3. The van der Waals surface area contributed by atoms with Crippen LogP contribution in [0, 0.1) is 11.8 Å². The molecule has 2 amide bonds. The van der Waals surface area contributed by atoms with E-state index in [1.54, 1.807) is 46.2 Å². The molecule has 2 bridgehead atoms. The molecule has 1 N–H and O–H groups in total. The number of aliphatic hydroxyl groups is 1. The minimum absolute atomic E-state index is 0.0592. The summed E-state index contributed by atoms with van der Waals surface area (Å²) in [7, 11) is 0. The summed E-state index contributed by atoms with van der Waals surface area (Å²) in [6.07, 6.45) is 7.69. The fourth-order valence-corrected chi connectivity index (χ4v) is 6.86. The van der Waals surface area contributed by atoms with Crippen molar-refractivity contribution in [2.45, 2.75) is 69.1 Å². The quantitative estimate of drug-likeness (QED) is 0.208. The van der Waals surface area contributed by atoms with Crippen LogP contribution in [0.5, 0.6) is 0 Å². The molecule has 9 heteroatoms. The van der Waals surface area contributed by atoms with E-state index < -0.39 is 35.0 Å². The fourth-order valence-electron chi connectivity index (χ4n) is 6.62. The van der Waals surface area contributed by atoms with Crippen LogP contribution < -0.4 is 4.90 Å². The third-order valence-corrected chi connectivity index (χ3v) is 8.66. The van der Waals surface area contributed by atoms with E-state index in [9.17, 15) is 19.5 Å². The second kappa shape index (κ2) is 12.2. The van der Waals surface area contributed by atoms with Gasteiger partial charge in [0.2, 0.25) is 5.91 Å². The van der Waals surface area contributed by atoms with Gasteiger partial charge in [0, 0.05) is 19.7 Å². The van der Waals surface area contributed by atoms with Crippen LogP contribution in [0.1, 0.15) is 51.9 Å². The number of amides is 2. The van der Waals surface area contributed by atoms with Crippen LogP contribution in [0.4, 0.5) is 5.69 Å². The number of unbranched alkanes of at least 4 members (excludes halogenated alkanes) is 3. The lowest BCUT2D eigenvalue weighted by molar-refractivity contribution is -0.159. The first kappa shape index (κ1) is 29.3. The maximum atomic E-state index is 14.5. The van der Waals surface area contributed by atoms with Crippen LogP contribution >= 0.6 is 11.6 Å². The van der Waals surface area contributed by atoms with Crippen molar-refractivity contribution < 1.29 is 29.0 Å². The van der Waals surface area contributed by atoms with Gasteiger partial charge in [-0.1, -0.05) is 35.9 Å². The van der Waals surface area contributed by atoms with Crippen LogP contribution in [0.25, 0.3) is 0 Å². The van der Waals surface area contributed by atoms with E-state index in [4.69, 9.17) is 21.1 Å². The molecule has 1 spiro atoms. The second-order valence-electron chi connectivity index (χ2n) is 10.8. The summed E-state index contributed by atoms with van der Waals surface area (Å²) in [4.78, 5) is 45.2. The maximum Gasteiger partial charge on any atom is 0.312 e. The van der Waals surface area contributed by atoms with Crippen molar-refractivity contribution in [3.05, 3.63) is 54.6 Å². The van der Waals surface area contributed by atoms with E-state index in [0.717, 1.165) is 6.42 Å². The molecule has 0 aliphatic carbocycles. The summed E-state index contributed by atoms with van der Waals surface area (Å²) < 4.78 is 12.3. The van der Waals surface area contributed by atoms with Gasteiger partial charge >= 0.3 is 5.97 Å². The monoisotopic (exact) mass is 558 g/mol. The highest BCUT2D eigenvalue weighted by molar-refractivity contribution is 6.34. The molecular weight excluding hydrogens is 520 g/mol. The van der Waals surface area contributed by atoms with E-state index >= 15 is 0 Å². The lowest BCUT2D eigenvalue weighted by atomic mass is 9.66. The number of allylic oxidation sites excluding steroid dienone is 1. The molecule has 1 aromatic carbocycles. The minimum Gasteiger partial charge on any atom is -0.465 e. The molecule has 39 heavy (non-hydrogen) atoms. The van der Waals surface area contributed by atoms with Gasteiger partial charge in [-0.05, 0) is 64.0 Å². The number of likely N-dealkylation sites (tertiary alicyclic amines) is 1. The number of carbonyl (C=O) groups excluding carboxylic acids is 3. The van der Waals surface area contributed by atoms with Gasteiger partial charge in [-0.2, -0.15) is 0 Å². The zero-order valence-electron chi connectivity index (χ0n) is 22.6. The Hall–Kier alpha value is -2.68. The number of rotatable bonds is 14. The van der Waals surface area contributed by atoms with E-state index in [2.05, 4.69) is 13.2 Å². The molecule has 3 aliphatic rings. The zero-order valence-corrected chi connectivity index (χ0v) is 23.4. The van der Waals surface area contributed by atoms with Crippen molar-refractivity contribution in [3.63, 3.8) is 0 Å². The van der Waals surface area contributed by atoms with Gasteiger partial charge in [0.05, 0.1) is 28.8 Å². The molecular formula is C30H39ClN2O6. The number of anilines is 1. The molecule has 3 saturated heterocycles. The number of carbonyl (C=O) groups is 3. The normalized spacial score (nSPS) is 28.8. The Morgan fingerprint density at radius 1 is 1.21 bits per heavy atom. The Kier molecular flexibility index (Phi) is 9.19. The van der Waals surface area contributed by atoms with Crippen LogP contribution in [0.3, 0.4) is 0 Å². The highest BCUT2D eigenvalue weighted by atomic mass is 35.5. The lowest BCUT2D eigenvalue weighted by Gasteiger charge is -2.37. The molecule has 3 fully saturated rings. The summed E-state index contributed by atoms with van der Waals surface area (Å²) in [6.45, 7) is 10.2. The molecule has 0 radical (unpaired) electrons. The topological polar surface area (TPSA) is 96.4 Å². The number of ether oxygens (including phenoxy) is 2. The number of nitrogens with zero attached hydrogens (tertiary/aromatic N) is 2. The van der Waals surface area contributed by atoms with E-state index in [0.29, 0.717) is 55.8 Å². The van der Waals surface area contributed by atoms with Crippen LogP contribution in [-0.2, 0) is 23.9 Å². The average molecular weight is 559 g/mol. The third kappa shape index (κ3) is 5.26. The number of hydrogen-bond donors (Lipinski definition) is 1.